The summed E-state index contributed by atoms with van der Waals surface area (Å²) < 4.78 is 5.49. The topological polar surface area (TPSA) is 53.1 Å². The molecule has 3 heterocycles. The fourth-order valence-electron chi connectivity index (χ4n) is 5.60. The van der Waals surface area contributed by atoms with E-state index in [-0.39, 0.29) is 11.9 Å². The number of benzene rings is 1. The molecule has 0 atom stereocenters. The smallest absolute Gasteiger partial charge is 0.332 e. The molecule has 30 heavy (non-hydrogen) atoms. The zero-order chi connectivity index (χ0) is 20.7. The minimum atomic E-state index is -0.673. The molecule has 4 fully saturated rings. The first kappa shape index (κ1) is 20.0. The Kier molecular flexibility index (Phi) is 5.31. The number of piperidine rings is 1. The Balaban J connectivity index is 1.33. The molecule has 5 rings (SSSR count). The molecule has 0 radical (unpaired) electrons. The Morgan fingerprint density at radius 2 is 1.80 bits per heavy atom. The molecule has 162 valence electrons. The predicted molar refractivity (Wildman–Crippen MR) is 116 cm³/mol. The Bertz CT molecular complexity index is 808. The van der Waals surface area contributed by atoms with Gasteiger partial charge in [0.1, 0.15) is 5.54 Å². The van der Waals surface area contributed by atoms with Gasteiger partial charge < -0.3 is 14.5 Å². The third-order valence-electron chi connectivity index (χ3n) is 7.57. The summed E-state index contributed by atoms with van der Waals surface area (Å²) in [5.41, 5.74) is 1.32. The van der Waals surface area contributed by atoms with E-state index in [0.717, 1.165) is 64.2 Å². The Morgan fingerprint density at radius 3 is 2.47 bits per heavy atom. The van der Waals surface area contributed by atoms with Gasteiger partial charge in [-0.15, -0.1) is 0 Å². The molecule has 4 aliphatic rings. The summed E-state index contributed by atoms with van der Waals surface area (Å²) in [4.78, 5) is 32.8. The number of carbonyl (C=O) groups is 2. The van der Waals surface area contributed by atoms with Crippen LogP contribution in [0.5, 0.6) is 0 Å². The SMILES string of the molecule is CCN1C(=O)N(c2cccc(C3CC3)c2)C(=O)C12CCN(CC1CCOCC1)CC2. The van der Waals surface area contributed by atoms with Crippen LogP contribution in [-0.4, -0.2) is 66.7 Å². The van der Waals surface area contributed by atoms with Gasteiger partial charge in [-0.2, -0.15) is 0 Å². The normalized spacial score (nSPS) is 25.5. The second kappa shape index (κ2) is 7.97. The van der Waals surface area contributed by atoms with Gasteiger partial charge in [0, 0.05) is 39.4 Å². The van der Waals surface area contributed by atoms with Crippen LogP contribution < -0.4 is 4.90 Å². The summed E-state index contributed by atoms with van der Waals surface area (Å²) in [5.74, 6) is 1.27. The van der Waals surface area contributed by atoms with E-state index in [0.29, 0.717) is 18.4 Å². The van der Waals surface area contributed by atoms with Crippen molar-refractivity contribution in [2.45, 2.75) is 56.9 Å². The van der Waals surface area contributed by atoms with Crippen LogP contribution in [0.25, 0.3) is 0 Å². The van der Waals surface area contributed by atoms with Gasteiger partial charge in [-0.3, -0.25) is 4.79 Å². The predicted octanol–water partition coefficient (Wildman–Crippen LogP) is 3.61. The monoisotopic (exact) mass is 411 g/mol. The lowest BCUT2D eigenvalue weighted by atomic mass is 9.85. The van der Waals surface area contributed by atoms with E-state index in [2.05, 4.69) is 17.0 Å². The quantitative estimate of drug-likeness (QED) is 0.695. The van der Waals surface area contributed by atoms with Gasteiger partial charge in [-0.05, 0) is 75.0 Å². The van der Waals surface area contributed by atoms with E-state index >= 15 is 0 Å². The fraction of sp³-hybridized carbons (Fsp3) is 0.667. The number of ether oxygens (including phenoxy) is 1. The Labute approximate surface area is 179 Å². The third kappa shape index (κ3) is 3.44. The summed E-state index contributed by atoms with van der Waals surface area (Å²) in [6.45, 7) is 7.14. The van der Waals surface area contributed by atoms with Crippen LogP contribution >= 0.6 is 0 Å². The minimum Gasteiger partial charge on any atom is -0.381 e. The van der Waals surface area contributed by atoms with Crippen molar-refractivity contribution >= 4 is 17.6 Å². The number of likely N-dealkylation sites (tertiary alicyclic amines) is 1. The van der Waals surface area contributed by atoms with Crippen molar-refractivity contribution in [3.8, 4) is 0 Å². The van der Waals surface area contributed by atoms with Crippen molar-refractivity contribution in [1.82, 2.24) is 9.80 Å². The number of nitrogens with zero attached hydrogens (tertiary/aromatic N) is 3. The van der Waals surface area contributed by atoms with Gasteiger partial charge in [-0.25, -0.2) is 9.69 Å². The zero-order valence-corrected chi connectivity index (χ0v) is 18.0. The van der Waals surface area contributed by atoms with Crippen LogP contribution in [-0.2, 0) is 9.53 Å². The van der Waals surface area contributed by atoms with E-state index in [1.807, 2.05) is 24.0 Å². The molecule has 1 aliphatic carbocycles. The van der Waals surface area contributed by atoms with E-state index in [9.17, 15) is 9.59 Å². The number of hydrogen-bond acceptors (Lipinski definition) is 4. The lowest BCUT2D eigenvalue weighted by Crippen LogP contribution is -2.57. The Hall–Kier alpha value is -1.92. The third-order valence-corrected chi connectivity index (χ3v) is 7.57. The van der Waals surface area contributed by atoms with E-state index in [4.69, 9.17) is 4.74 Å². The number of amides is 3. The molecule has 1 aromatic carbocycles. The largest absolute Gasteiger partial charge is 0.381 e. The molecule has 0 bridgehead atoms. The van der Waals surface area contributed by atoms with Gasteiger partial charge in [0.05, 0.1) is 5.69 Å². The number of carbonyl (C=O) groups excluding carboxylic acids is 2. The molecule has 0 aromatic heterocycles. The molecule has 0 N–H and O–H groups in total. The second-order valence-electron chi connectivity index (χ2n) is 9.42. The van der Waals surface area contributed by atoms with E-state index in [1.165, 1.54) is 23.3 Å². The Morgan fingerprint density at radius 1 is 1.07 bits per heavy atom. The van der Waals surface area contributed by atoms with Crippen LogP contribution in [0.2, 0.25) is 0 Å². The average Bonchev–Trinajstić information content (AvgIpc) is 3.59. The number of urea groups is 1. The highest BCUT2D eigenvalue weighted by Crippen LogP contribution is 2.43. The van der Waals surface area contributed by atoms with Crippen molar-refractivity contribution in [3.63, 3.8) is 0 Å². The maximum Gasteiger partial charge on any atom is 0.332 e. The molecule has 3 amide bonds. The second-order valence-corrected chi connectivity index (χ2v) is 9.42. The number of rotatable bonds is 5. The number of imide groups is 1. The number of hydrogen-bond donors (Lipinski definition) is 0. The van der Waals surface area contributed by atoms with Crippen molar-refractivity contribution in [2.75, 3.05) is 44.3 Å². The first-order chi connectivity index (χ1) is 14.6. The molecule has 6 nitrogen and oxygen atoms in total. The van der Waals surface area contributed by atoms with Crippen LogP contribution in [0, 0.1) is 5.92 Å². The summed E-state index contributed by atoms with van der Waals surface area (Å²) in [5, 5.41) is 0. The van der Waals surface area contributed by atoms with Crippen molar-refractivity contribution < 1.29 is 14.3 Å². The lowest BCUT2D eigenvalue weighted by Gasteiger charge is -2.43. The molecular weight excluding hydrogens is 378 g/mol. The molecule has 0 unspecified atom stereocenters. The first-order valence-electron chi connectivity index (χ1n) is 11.7. The van der Waals surface area contributed by atoms with Crippen LogP contribution in [0.15, 0.2) is 24.3 Å². The van der Waals surface area contributed by atoms with E-state index < -0.39 is 5.54 Å². The van der Waals surface area contributed by atoms with Crippen LogP contribution in [0.1, 0.15) is 56.9 Å². The summed E-state index contributed by atoms with van der Waals surface area (Å²) in [6.07, 6.45) is 6.13. The van der Waals surface area contributed by atoms with Crippen LogP contribution in [0.4, 0.5) is 10.5 Å². The van der Waals surface area contributed by atoms with Crippen molar-refractivity contribution in [1.29, 1.82) is 0 Å². The summed E-state index contributed by atoms with van der Waals surface area (Å²) >= 11 is 0. The number of likely N-dealkylation sites (N-methyl/N-ethyl adjacent to an activating group) is 1. The van der Waals surface area contributed by atoms with Gasteiger partial charge in [0.2, 0.25) is 0 Å². The highest BCUT2D eigenvalue weighted by atomic mass is 16.5. The van der Waals surface area contributed by atoms with Gasteiger partial charge >= 0.3 is 6.03 Å². The highest BCUT2D eigenvalue weighted by Gasteiger charge is 2.57. The van der Waals surface area contributed by atoms with Crippen LogP contribution in [0.3, 0.4) is 0 Å². The summed E-state index contributed by atoms with van der Waals surface area (Å²) in [6, 6.07) is 7.93. The van der Waals surface area contributed by atoms with E-state index in [1.54, 1.807) is 0 Å². The standard InChI is InChI=1S/C24H33N3O3/c1-2-26-23(29)27(21-5-3-4-20(16-21)19-6-7-19)22(28)24(26)10-12-25(13-11-24)17-18-8-14-30-15-9-18/h3-5,16,18-19H,2,6-15,17H2,1H3. The number of anilines is 1. The first-order valence-corrected chi connectivity index (χ1v) is 11.7. The lowest BCUT2D eigenvalue weighted by molar-refractivity contribution is -0.127. The average molecular weight is 412 g/mol. The van der Waals surface area contributed by atoms with Gasteiger partial charge in [-0.1, -0.05) is 12.1 Å². The summed E-state index contributed by atoms with van der Waals surface area (Å²) in [7, 11) is 0. The van der Waals surface area contributed by atoms with Gasteiger partial charge in [0.25, 0.3) is 5.91 Å². The maximum absolute atomic E-state index is 13.7. The molecular formula is C24H33N3O3. The van der Waals surface area contributed by atoms with Crippen molar-refractivity contribution in [2.24, 2.45) is 5.92 Å². The molecule has 1 spiro atoms. The maximum atomic E-state index is 13.7. The van der Waals surface area contributed by atoms with Gasteiger partial charge in [0.15, 0.2) is 0 Å². The molecule has 6 heteroatoms. The molecule has 1 aromatic rings. The van der Waals surface area contributed by atoms with Crippen molar-refractivity contribution in [3.05, 3.63) is 29.8 Å². The minimum absolute atomic E-state index is 0.0204. The zero-order valence-electron chi connectivity index (χ0n) is 18.0. The highest BCUT2D eigenvalue weighted by molar-refractivity contribution is 6.23. The molecule has 3 aliphatic heterocycles. The molecule has 1 saturated carbocycles. The molecule has 3 saturated heterocycles. The fourth-order valence-corrected chi connectivity index (χ4v) is 5.60.